The Hall–Kier alpha value is -0.610. The molecule has 1 heterocycles. The van der Waals surface area contributed by atoms with E-state index in [1.807, 2.05) is 0 Å². The number of amides is 1. The van der Waals surface area contributed by atoms with Crippen LogP contribution in [0.25, 0.3) is 0 Å². The van der Waals surface area contributed by atoms with Gasteiger partial charge in [0.25, 0.3) is 5.91 Å². The lowest BCUT2D eigenvalue weighted by molar-refractivity contribution is -0.147. The molecule has 4 nitrogen and oxygen atoms in total. The highest BCUT2D eigenvalue weighted by molar-refractivity contribution is 5.81. The van der Waals surface area contributed by atoms with Gasteiger partial charge in [0.05, 0.1) is 19.8 Å². The summed E-state index contributed by atoms with van der Waals surface area (Å²) in [6, 6.07) is 0.373. The van der Waals surface area contributed by atoms with Gasteiger partial charge in [0.2, 0.25) is 0 Å². The lowest BCUT2D eigenvalue weighted by Gasteiger charge is -2.22. The monoisotopic (exact) mass is 185 g/mol. The molecule has 0 aromatic rings. The van der Waals surface area contributed by atoms with Gasteiger partial charge in [-0.25, -0.2) is 0 Å². The second-order valence-corrected chi connectivity index (χ2v) is 3.76. The molecule has 1 aliphatic carbocycles. The first-order valence-electron chi connectivity index (χ1n) is 4.77. The quantitative estimate of drug-likeness (QED) is 0.655. The van der Waals surface area contributed by atoms with Crippen LogP contribution in [-0.2, 0) is 14.3 Å². The van der Waals surface area contributed by atoms with E-state index < -0.39 is 0 Å². The van der Waals surface area contributed by atoms with Crippen LogP contribution >= 0.6 is 0 Å². The predicted molar refractivity (Wildman–Crippen MR) is 46.3 cm³/mol. The van der Waals surface area contributed by atoms with Crippen LogP contribution < -0.4 is 5.32 Å². The van der Waals surface area contributed by atoms with E-state index >= 15 is 0 Å². The van der Waals surface area contributed by atoms with E-state index in [2.05, 4.69) is 12.2 Å². The van der Waals surface area contributed by atoms with Crippen molar-refractivity contribution in [3.63, 3.8) is 0 Å². The third-order valence-corrected chi connectivity index (χ3v) is 2.55. The van der Waals surface area contributed by atoms with Crippen molar-refractivity contribution in [1.82, 2.24) is 5.32 Å². The van der Waals surface area contributed by atoms with Crippen LogP contribution in [0.2, 0.25) is 0 Å². The van der Waals surface area contributed by atoms with Crippen LogP contribution in [0.4, 0.5) is 0 Å². The fourth-order valence-electron chi connectivity index (χ4n) is 1.44. The van der Waals surface area contributed by atoms with Gasteiger partial charge in [-0.3, -0.25) is 4.79 Å². The molecule has 0 radical (unpaired) electrons. The highest BCUT2D eigenvalue weighted by Crippen LogP contribution is 2.29. The van der Waals surface area contributed by atoms with E-state index in [0.29, 0.717) is 31.8 Å². The maximum Gasteiger partial charge on any atom is 0.251 e. The number of nitrogens with one attached hydrogen (secondary N) is 1. The highest BCUT2D eigenvalue weighted by atomic mass is 16.6. The van der Waals surface area contributed by atoms with E-state index in [1.54, 1.807) is 0 Å². The Labute approximate surface area is 77.6 Å². The molecule has 1 saturated heterocycles. The minimum Gasteiger partial charge on any atom is -0.376 e. The normalized spacial score (nSPS) is 38.4. The van der Waals surface area contributed by atoms with Gasteiger partial charge in [0.1, 0.15) is 0 Å². The summed E-state index contributed by atoms with van der Waals surface area (Å²) in [4.78, 5) is 11.5. The van der Waals surface area contributed by atoms with E-state index in [9.17, 15) is 4.79 Å². The molecule has 0 aromatic heterocycles. The number of carbonyl (C=O) groups excluding carboxylic acids is 1. The zero-order chi connectivity index (χ0) is 9.26. The van der Waals surface area contributed by atoms with Crippen molar-refractivity contribution >= 4 is 5.91 Å². The number of rotatable bonds is 2. The standard InChI is InChI=1S/C9H15NO3/c1-6-4-7(6)10-9(11)8-5-12-2-3-13-8/h6-8H,2-5H2,1H3,(H,10,11). The first kappa shape index (κ1) is 8.97. The van der Waals surface area contributed by atoms with Gasteiger partial charge in [0.15, 0.2) is 6.10 Å². The first-order valence-corrected chi connectivity index (χ1v) is 4.77. The maximum atomic E-state index is 11.5. The van der Waals surface area contributed by atoms with Crippen LogP contribution in [0.15, 0.2) is 0 Å². The number of hydrogen-bond donors (Lipinski definition) is 1. The average molecular weight is 185 g/mol. The van der Waals surface area contributed by atoms with Crippen molar-refractivity contribution in [3.05, 3.63) is 0 Å². The van der Waals surface area contributed by atoms with Gasteiger partial charge in [-0.2, -0.15) is 0 Å². The van der Waals surface area contributed by atoms with Gasteiger partial charge in [-0.1, -0.05) is 6.92 Å². The van der Waals surface area contributed by atoms with Crippen molar-refractivity contribution in [2.24, 2.45) is 5.92 Å². The summed E-state index contributed by atoms with van der Waals surface area (Å²) in [5.41, 5.74) is 0. The number of carbonyl (C=O) groups is 1. The highest BCUT2D eigenvalue weighted by Gasteiger charge is 2.36. The molecule has 1 saturated carbocycles. The van der Waals surface area contributed by atoms with E-state index in [1.165, 1.54) is 0 Å². The fourth-order valence-corrected chi connectivity index (χ4v) is 1.44. The van der Waals surface area contributed by atoms with Gasteiger partial charge < -0.3 is 14.8 Å². The molecule has 1 aliphatic heterocycles. The third-order valence-electron chi connectivity index (χ3n) is 2.55. The Balaban J connectivity index is 1.75. The van der Waals surface area contributed by atoms with Gasteiger partial charge in [-0.05, 0) is 12.3 Å². The molecule has 13 heavy (non-hydrogen) atoms. The maximum absolute atomic E-state index is 11.5. The molecule has 0 aromatic carbocycles. The second kappa shape index (κ2) is 3.64. The molecule has 1 amide bonds. The zero-order valence-corrected chi connectivity index (χ0v) is 7.79. The summed E-state index contributed by atoms with van der Waals surface area (Å²) >= 11 is 0. The molecule has 74 valence electrons. The molecule has 0 spiro atoms. The molecule has 2 rings (SSSR count). The smallest absolute Gasteiger partial charge is 0.251 e. The van der Waals surface area contributed by atoms with Crippen molar-refractivity contribution in [2.75, 3.05) is 19.8 Å². The molecular formula is C9H15NO3. The molecule has 3 atom stereocenters. The Morgan fingerprint density at radius 2 is 2.23 bits per heavy atom. The molecule has 1 N–H and O–H groups in total. The van der Waals surface area contributed by atoms with Gasteiger partial charge >= 0.3 is 0 Å². The fraction of sp³-hybridized carbons (Fsp3) is 0.889. The van der Waals surface area contributed by atoms with Crippen molar-refractivity contribution in [2.45, 2.75) is 25.5 Å². The average Bonchev–Trinajstić information content (AvgIpc) is 2.83. The SMILES string of the molecule is CC1CC1NC(=O)C1COCCO1. The lowest BCUT2D eigenvalue weighted by Crippen LogP contribution is -2.43. The largest absolute Gasteiger partial charge is 0.376 e. The predicted octanol–water partition coefficient (Wildman–Crippen LogP) is -0.0736. The summed E-state index contributed by atoms with van der Waals surface area (Å²) in [6.07, 6.45) is 0.709. The van der Waals surface area contributed by atoms with Crippen molar-refractivity contribution < 1.29 is 14.3 Å². The van der Waals surface area contributed by atoms with Crippen molar-refractivity contribution in [1.29, 1.82) is 0 Å². The summed E-state index contributed by atoms with van der Waals surface area (Å²) < 4.78 is 10.4. The van der Waals surface area contributed by atoms with Crippen LogP contribution in [0, 0.1) is 5.92 Å². The third kappa shape index (κ3) is 2.19. The Morgan fingerprint density at radius 1 is 1.46 bits per heavy atom. The summed E-state index contributed by atoms with van der Waals surface area (Å²) in [5.74, 6) is 0.613. The van der Waals surface area contributed by atoms with E-state index in [4.69, 9.17) is 9.47 Å². The molecular weight excluding hydrogens is 170 g/mol. The molecule has 0 bridgehead atoms. The summed E-state index contributed by atoms with van der Waals surface area (Å²) in [7, 11) is 0. The Bertz CT molecular complexity index is 201. The van der Waals surface area contributed by atoms with E-state index in [-0.39, 0.29) is 12.0 Å². The van der Waals surface area contributed by atoms with Crippen LogP contribution in [0.1, 0.15) is 13.3 Å². The second-order valence-electron chi connectivity index (χ2n) is 3.76. The molecule has 4 heteroatoms. The Kier molecular flexibility index (Phi) is 2.51. The van der Waals surface area contributed by atoms with E-state index in [0.717, 1.165) is 6.42 Å². The minimum absolute atomic E-state index is 0.0194. The topological polar surface area (TPSA) is 47.6 Å². The van der Waals surface area contributed by atoms with Gasteiger partial charge in [-0.15, -0.1) is 0 Å². The molecule has 3 unspecified atom stereocenters. The minimum atomic E-state index is -0.387. The lowest BCUT2D eigenvalue weighted by atomic mass is 10.3. The van der Waals surface area contributed by atoms with Crippen LogP contribution in [0.5, 0.6) is 0 Å². The molecule has 2 aliphatic rings. The first-order chi connectivity index (χ1) is 6.27. The summed E-state index contributed by atoms with van der Waals surface area (Å²) in [5, 5.41) is 2.93. The van der Waals surface area contributed by atoms with Crippen LogP contribution in [0.3, 0.4) is 0 Å². The zero-order valence-electron chi connectivity index (χ0n) is 7.79. The summed E-state index contributed by atoms with van der Waals surface area (Å²) in [6.45, 7) is 3.65. The number of hydrogen-bond acceptors (Lipinski definition) is 3. The molecule has 2 fully saturated rings. The number of ether oxygens (including phenoxy) is 2. The van der Waals surface area contributed by atoms with Crippen molar-refractivity contribution in [3.8, 4) is 0 Å². The van der Waals surface area contributed by atoms with Crippen LogP contribution in [-0.4, -0.2) is 37.9 Å². The Morgan fingerprint density at radius 3 is 2.77 bits per heavy atom. The van der Waals surface area contributed by atoms with Gasteiger partial charge in [0, 0.05) is 6.04 Å².